The maximum absolute atomic E-state index is 11.1. The maximum Gasteiger partial charge on any atom is 0.251 e. The second kappa shape index (κ2) is 2.12. The summed E-state index contributed by atoms with van der Waals surface area (Å²) in [5.74, 6) is 0.0590. The van der Waals surface area contributed by atoms with E-state index >= 15 is 0 Å². The van der Waals surface area contributed by atoms with Crippen LogP contribution in [0.15, 0.2) is 18.2 Å². The molecule has 0 radical (unpaired) electrons. The molecule has 3 heteroatoms. The van der Waals surface area contributed by atoms with Crippen LogP contribution >= 0.6 is 0 Å². The molecule has 0 spiro atoms. The van der Waals surface area contributed by atoms with Gasteiger partial charge in [0, 0.05) is 12.1 Å². The number of amides is 1. The van der Waals surface area contributed by atoms with Gasteiger partial charge in [0.05, 0.1) is 0 Å². The van der Waals surface area contributed by atoms with Gasteiger partial charge in [0.2, 0.25) is 0 Å². The Morgan fingerprint density at radius 1 is 1.45 bits per heavy atom. The standard InChI is InChI=1S/C8H8BNO/c9-6-2-1-5-4-10-8(11)7(5)3-6/h1-3H,4,9H2,(H,10,11). The lowest BCUT2D eigenvalue weighted by Crippen LogP contribution is -2.13. The quantitative estimate of drug-likeness (QED) is 0.475. The van der Waals surface area contributed by atoms with Crippen LogP contribution < -0.4 is 10.8 Å². The van der Waals surface area contributed by atoms with Crippen molar-refractivity contribution >= 4 is 19.2 Å². The molecule has 1 N–H and O–H groups in total. The third kappa shape index (κ3) is 0.927. The van der Waals surface area contributed by atoms with Crippen molar-refractivity contribution in [1.82, 2.24) is 5.32 Å². The van der Waals surface area contributed by atoms with Gasteiger partial charge in [0.15, 0.2) is 0 Å². The van der Waals surface area contributed by atoms with E-state index in [-0.39, 0.29) is 5.91 Å². The Hall–Kier alpha value is -1.25. The van der Waals surface area contributed by atoms with Crippen molar-refractivity contribution in [2.75, 3.05) is 0 Å². The van der Waals surface area contributed by atoms with Gasteiger partial charge in [-0.3, -0.25) is 4.79 Å². The van der Waals surface area contributed by atoms with E-state index in [2.05, 4.69) is 5.32 Å². The van der Waals surface area contributed by atoms with Crippen molar-refractivity contribution < 1.29 is 4.79 Å². The number of hydrogen-bond acceptors (Lipinski definition) is 1. The Balaban J connectivity index is 2.60. The Morgan fingerprint density at radius 2 is 2.27 bits per heavy atom. The molecule has 11 heavy (non-hydrogen) atoms. The summed E-state index contributed by atoms with van der Waals surface area (Å²) in [5, 5.41) is 2.77. The Bertz CT molecular complexity index is 322. The molecule has 2 nitrogen and oxygen atoms in total. The minimum absolute atomic E-state index is 0.0590. The van der Waals surface area contributed by atoms with E-state index < -0.39 is 0 Å². The minimum Gasteiger partial charge on any atom is -0.348 e. The molecule has 0 bridgehead atoms. The molecule has 1 aliphatic heterocycles. The first-order valence-corrected chi connectivity index (χ1v) is 3.65. The molecule has 1 aromatic carbocycles. The van der Waals surface area contributed by atoms with E-state index in [4.69, 9.17) is 0 Å². The predicted octanol–water partition coefficient (Wildman–Crippen LogP) is -0.812. The average Bonchev–Trinajstić information content (AvgIpc) is 2.33. The molecule has 1 aliphatic rings. The molecule has 1 aromatic rings. The summed E-state index contributed by atoms with van der Waals surface area (Å²) >= 11 is 0. The highest BCUT2D eigenvalue weighted by Crippen LogP contribution is 2.12. The highest BCUT2D eigenvalue weighted by Gasteiger charge is 2.17. The van der Waals surface area contributed by atoms with Gasteiger partial charge in [0.25, 0.3) is 5.91 Å². The fourth-order valence-corrected chi connectivity index (χ4v) is 1.33. The van der Waals surface area contributed by atoms with E-state index in [9.17, 15) is 4.79 Å². The third-order valence-corrected chi connectivity index (χ3v) is 1.95. The molecule has 2 rings (SSSR count). The molecule has 1 heterocycles. The number of nitrogens with one attached hydrogen (secondary N) is 1. The summed E-state index contributed by atoms with van der Waals surface area (Å²) < 4.78 is 0. The highest BCUT2D eigenvalue weighted by molar-refractivity contribution is 6.32. The molecule has 1 amide bonds. The molecule has 0 aliphatic carbocycles. The lowest BCUT2D eigenvalue weighted by molar-refractivity contribution is 0.0966. The summed E-state index contributed by atoms with van der Waals surface area (Å²) in [4.78, 5) is 11.1. The van der Waals surface area contributed by atoms with Crippen molar-refractivity contribution in [2.24, 2.45) is 0 Å². The topological polar surface area (TPSA) is 29.1 Å². The van der Waals surface area contributed by atoms with Crippen molar-refractivity contribution in [3.05, 3.63) is 29.3 Å². The molecule has 0 saturated heterocycles. The molecule has 0 atom stereocenters. The van der Waals surface area contributed by atoms with Gasteiger partial charge < -0.3 is 5.32 Å². The zero-order chi connectivity index (χ0) is 7.84. The summed E-state index contributed by atoms with van der Waals surface area (Å²) in [6.07, 6.45) is 0. The minimum atomic E-state index is 0.0590. The SMILES string of the molecule is Bc1ccc2c(c1)C(=O)NC2. The zero-order valence-corrected chi connectivity index (χ0v) is 6.35. The first-order valence-electron chi connectivity index (χ1n) is 3.65. The number of carbonyl (C=O) groups excluding carboxylic acids is 1. The number of fused-ring (bicyclic) bond motifs is 1. The fraction of sp³-hybridized carbons (Fsp3) is 0.125. The zero-order valence-electron chi connectivity index (χ0n) is 6.35. The van der Waals surface area contributed by atoms with Crippen molar-refractivity contribution in [3.8, 4) is 0 Å². The van der Waals surface area contributed by atoms with E-state index in [1.165, 1.54) is 0 Å². The van der Waals surface area contributed by atoms with Gasteiger partial charge in [-0.1, -0.05) is 23.7 Å². The van der Waals surface area contributed by atoms with Gasteiger partial charge in [-0.15, -0.1) is 0 Å². The smallest absolute Gasteiger partial charge is 0.251 e. The van der Waals surface area contributed by atoms with Crippen LogP contribution in [0.2, 0.25) is 0 Å². The number of hydrogen-bond donors (Lipinski definition) is 1. The van der Waals surface area contributed by atoms with E-state index in [0.717, 1.165) is 16.6 Å². The van der Waals surface area contributed by atoms with E-state index in [1.54, 1.807) is 0 Å². The van der Waals surface area contributed by atoms with Gasteiger partial charge in [-0.25, -0.2) is 0 Å². The third-order valence-electron chi connectivity index (χ3n) is 1.95. The Morgan fingerprint density at radius 3 is 3.09 bits per heavy atom. The summed E-state index contributed by atoms with van der Waals surface area (Å²) in [6, 6.07) is 5.96. The van der Waals surface area contributed by atoms with Crippen LogP contribution in [0.1, 0.15) is 15.9 Å². The molecule has 0 unspecified atom stereocenters. The average molecular weight is 145 g/mol. The van der Waals surface area contributed by atoms with Gasteiger partial charge >= 0.3 is 0 Å². The summed E-state index contributed by atoms with van der Waals surface area (Å²) in [5.41, 5.74) is 3.09. The van der Waals surface area contributed by atoms with Crippen molar-refractivity contribution in [3.63, 3.8) is 0 Å². The molecule has 0 saturated carbocycles. The summed E-state index contributed by atoms with van der Waals surface area (Å²) in [6.45, 7) is 0.689. The van der Waals surface area contributed by atoms with Crippen LogP contribution in [0.3, 0.4) is 0 Å². The number of benzene rings is 1. The maximum atomic E-state index is 11.1. The van der Waals surface area contributed by atoms with Crippen LogP contribution in [-0.2, 0) is 6.54 Å². The molecule has 54 valence electrons. The summed E-state index contributed by atoms with van der Waals surface area (Å²) in [7, 11) is 1.99. The predicted molar refractivity (Wildman–Crippen MR) is 45.8 cm³/mol. The number of carbonyl (C=O) groups is 1. The molecular weight excluding hydrogens is 137 g/mol. The van der Waals surface area contributed by atoms with Crippen LogP contribution in [0.25, 0.3) is 0 Å². The molecular formula is C8H8BNO. The van der Waals surface area contributed by atoms with Crippen LogP contribution in [0, 0.1) is 0 Å². The van der Waals surface area contributed by atoms with Crippen LogP contribution in [0.4, 0.5) is 0 Å². The Labute approximate surface area is 66.0 Å². The van der Waals surface area contributed by atoms with Crippen molar-refractivity contribution in [2.45, 2.75) is 6.54 Å². The lowest BCUT2D eigenvalue weighted by Gasteiger charge is -1.95. The lowest BCUT2D eigenvalue weighted by atomic mass is 9.93. The van der Waals surface area contributed by atoms with Crippen molar-refractivity contribution in [1.29, 1.82) is 0 Å². The second-order valence-corrected chi connectivity index (χ2v) is 2.84. The van der Waals surface area contributed by atoms with Crippen LogP contribution in [-0.4, -0.2) is 13.8 Å². The largest absolute Gasteiger partial charge is 0.348 e. The number of rotatable bonds is 0. The monoisotopic (exact) mass is 145 g/mol. The molecule has 0 aromatic heterocycles. The van der Waals surface area contributed by atoms with Gasteiger partial charge in [0.1, 0.15) is 7.85 Å². The second-order valence-electron chi connectivity index (χ2n) is 2.84. The van der Waals surface area contributed by atoms with E-state index in [1.807, 2.05) is 26.0 Å². The fourth-order valence-electron chi connectivity index (χ4n) is 1.33. The van der Waals surface area contributed by atoms with Gasteiger partial charge in [-0.05, 0) is 5.56 Å². The Kier molecular flexibility index (Phi) is 1.25. The highest BCUT2D eigenvalue weighted by atomic mass is 16.1. The van der Waals surface area contributed by atoms with Crippen LogP contribution in [0.5, 0.6) is 0 Å². The molecule has 0 fully saturated rings. The van der Waals surface area contributed by atoms with Gasteiger partial charge in [-0.2, -0.15) is 0 Å². The first kappa shape index (κ1) is 6.46. The first-order chi connectivity index (χ1) is 5.27. The normalized spacial score (nSPS) is 14.4. The van der Waals surface area contributed by atoms with E-state index in [0.29, 0.717) is 6.54 Å².